The van der Waals surface area contributed by atoms with E-state index < -0.39 is 8.07 Å². The first-order valence-electron chi connectivity index (χ1n) is 6.16. The summed E-state index contributed by atoms with van der Waals surface area (Å²) in [6, 6.07) is 8.04. The van der Waals surface area contributed by atoms with Gasteiger partial charge in [-0.25, -0.2) is 0 Å². The van der Waals surface area contributed by atoms with Crippen molar-refractivity contribution in [3.63, 3.8) is 0 Å². The standard InChI is InChI=1S/C15H19NOSi/c1-5-14-13(10-18(2,3)4)12-8-6-7-9-15(12)16(14)11-17/h5-11,14H,1H2,2-4H3/b13-10+. The van der Waals surface area contributed by atoms with Gasteiger partial charge in [-0.2, -0.15) is 0 Å². The fourth-order valence-corrected chi connectivity index (χ4v) is 3.65. The van der Waals surface area contributed by atoms with E-state index in [1.54, 1.807) is 4.90 Å². The van der Waals surface area contributed by atoms with Crippen molar-refractivity contribution in [2.75, 3.05) is 4.90 Å². The number of fused-ring (bicyclic) bond motifs is 1. The summed E-state index contributed by atoms with van der Waals surface area (Å²) in [4.78, 5) is 13.1. The highest BCUT2D eigenvalue weighted by Gasteiger charge is 2.32. The molecular formula is C15H19NOSi. The van der Waals surface area contributed by atoms with Crippen LogP contribution >= 0.6 is 0 Å². The summed E-state index contributed by atoms with van der Waals surface area (Å²) in [6.45, 7) is 10.8. The molecule has 1 aliphatic heterocycles. The molecule has 2 nitrogen and oxygen atoms in total. The van der Waals surface area contributed by atoms with Crippen LogP contribution in [-0.2, 0) is 4.79 Å². The van der Waals surface area contributed by atoms with Gasteiger partial charge in [-0.05, 0) is 11.6 Å². The molecule has 0 spiro atoms. The Morgan fingerprint density at radius 3 is 2.50 bits per heavy atom. The molecule has 0 aliphatic carbocycles. The van der Waals surface area contributed by atoms with E-state index >= 15 is 0 Å². The molecular weight excluding hydrogens is 238 g/mol. The smallest absolute Gasteiger partial charge is 0.214 e. The van der Waals surface area contributed by atoms with Crippen LogP contribution in [-0.4, -0.2) is 20.5 Å². The first kappa shape index (κ1) is 12.8. The fourth-order valence-electron chi connectivity index (χ4n) is 2.39. The van der Waals surface area contributed by atoms with Gasteiger partial charge in [0.2, 0.25) is 6.41 Å². The van der Waals surface area contributed by atoms with Crippen LogP contribution in [0.15, 0.2) is 42.6 Å². The van der Waals surface area contributed by atoms with E-state index in [1.807, 2.05) is 24.3 Å². The lowest BCUT2D eigenvalue weighted by Gasteiger charge is -2.19. The number of hydrogen-bond acceptors (Lipinski definition) is 1. The lowest BCUT2D eigenvalue weighted by atomic mass is 10.0. The molecule has 1 aromatic rings. The molecule has 2 rings (SSSR count). The van der Waals surface area contributed by atoms with Gasteiger partial charge in [-0.15, -0.1) is 6.58 Å². The quantitative estimate of drug-likeness (QED) is 0.461. The summed E-state index contributed by atoms with van der Waals surface area (Å²) in [5.74, 6) is 0. The first-order chi connectivity index (χ1) is 8.48. The molecule has 0 bridgehead atoms. The van der Waals surface area contributed by atoms with Crippen LogP contribution in [0.4, 0.5) is 5.69 Å². The molecule has 1 aromatic carbocycles. The van der Waals surface area contributed by atoms with Gasteiger partial charge >= 0.3 is 0 Å². The minimum atomic E-state index is -1.34. The normalized spacial score (nSPS) is 20.9. The third-order valence-electron chi connectivity index (χ3n) is 3.04. The summed E-state index contributed by atoms with van der Waals surface area (Å²) in [5.41, 5.74) is 5.74. The highest BCUT2D eigenvalue weighted by Crippen LogP contribution is 2.40. The number of hydrogen-bond donors (Lipinski definition) is 0. The summed E-state index contributed by atoms with van der Waals surface area (Å²) >= 11 is 0. The largest absolute Gasteiger partial charge is 0.303 e. The minimum absolute atomic E-state index is 0.0216. The predicted octanol–water partition coefficient (Wildman–Crippen LogP) is 3.48. The number of amides is 1. The molecule has 1 atom stereocenters. The maximum Gasteiger partial charge on any atom is 0.214 e. The Kier molecular flexibility index (Phi) is 3.26. The fraction of sp³-hybridized carbons (Fsp3) is 0.267. The molecule has 0 saturated carbocycles. The molecule has 0 fully saturated rings. The topological polar surface area (TPSA) is 20.3 Å². The van der Waals surface area contributed by atoms with Crippen LogP contribution in [0.3, 0.4) is 0 Å². The SMILES string of the molecule is C=CC1/C(=C/[Si](C)(C)C)c2ccccc2N1C=O. The number of anilines is 1. The second kappa shape index (κ2) is 4.57. The zero-order valence-electron chi connectivity index (χ0n) is 11.2. The van der Waals surface area contributed by atoms with Crippen molar-refractivity contribution in [2.45, 2.75) is 25.7 Å². The Hall–Kier alpha value is -1.61. The monoisotopic (exact) mass is 257 g/mol. The van der Waals surface area contributed by atoms with Crippen molar-refractivity contribution in [2.24, 2.45) is 0 Å². The summed E-state index contributed by atoms with van der Waals surface area (Å²) < 4.78 is 0. The van der Waals surface area contributed by atoms with E-state index in [0.717, 1.165) is 17.7 Å². The van der Waals surface area contributed by atoms with Gasteiger partial charge in [0.1, 0.15) is 0 Å². The van der Waals surface area contributed by atoms with E-state index in [2.05, 4.69) is 38.0 Å². The Morgan fingerprint density at radius 2 is 1.94 bits per heavy atom. The average Bonchev–Trinajstić information content (AvgIpc) is 2.61. The number of rotatable bonds is 3. The van der Waals surface area contributed by atoms with Gasteiger partial charge in [0, 0.05) is 5.56 Å². The number of para-hydroxylation sites is 1. The number of benzene rings is 1. The summed E-state index contributed by atoms with van der Waals surface area (Å²) in [5, 5.41) is 0. The molecule has 1 unspecified atom stereocenters. The zero-order chi connectivity index (χ0) is 13.3. The second-order valence-corrected chi connectivity index (χ2v) is 10.7. The Labute approximate surface area is 110 Å². The third-order valence-corrected chi connectivity index (χ3v) is 4.21. The van der Waals surface area contributed by atoms with Crippen molar-refractivity contribution in [1.29, 1.82) is 0 Å². The number of carbonyl (C=O) groups is 1. The van der Waals surface area contributed by atoms with Crippen LogP contribution < -0.4 is 4.90 Å². The lowest BCUT2D eigenvalue weighted by molar-refractivity contribution is -0.107. The van der Waals surface area contributed by atoms with Crippen molar-refractivity contribution in [3.8, 4) is 0 Å². The van der Waals surface area contributed by atoms with Gasteiger partial charge in [0.25, 0.3) is 0 Å². The van der Waals surface area contributed by atoms with E-state index in [0.29, 0.717) is 0 Å². The van der Waals surface area contributed by atoms with Gasteiger partial charge in [0.05, 0.1) is 19.8 Å². The maximum atomic E-state index is 11.3. The van der Waals surface area contributed by atoms with E-state index in [9.17, 15) is 4.79 Å². The lowest BCUT2D eigenvalue weighted by Crippen LogP contribution is -2.29. The molecule has 18 heavy (non-hydrogen) atoms. The number of carbonyl (C=O) groups excluding carboxylic acids is 1. The number of nitrogens with zero attached hydrogens (tertiary/aromatic N) is 1. The van der Waals surface area contributed by atoms with Crippen molar-refractivity contribution in [3.05, 3.63) is 48.2 Å². The Bertz CT molecular complexity index is 513. The zero-order valence-corrected chi connectivity index (χ0v) is 12.2. The third kappa shape index (κ3) is 2.18. The summed E-state index contributed by atoms with van der Waals surface area (Å²) in [6.07, 6.45) is 2.75. The molecule has 1 heterocycles. The molecule has 3 heteroatoms. The Morgan fingerprint density at radius 1 is 1.28 bits per heavy atom. The molecule has 1 aliphatic rings. The van der Waals surface area contributed by atoms with Crippen LogP contribution in [0.25, 0.3) is 5.57 Å². The Balaban J connectivity index is 2.62. The van der Waals surface area contributed by atoms with Crippen molar-refractivity contribution >= 4 is 25.7 Å². The van der Waals surface area contributed by atoms with Gasteiger partial charge in [-0.1, -0.05) is 49.6 Å². The van der Waals surface area contributed by atoms with Crippen LogP contribution in [0, 0.1) is 0 Å². The van der Waals surface area contributed by atoms with E-state index in [1.165, 1.54) is 5.57 Å². The molecule has 94 valence electrons. The highest BCUT2D eigenvalue weighted by molar-refractivity contribution is 6.81. The minimum Gasteiger partial charge on any atom is -0.303 e. The highest BCUT2D eigenvalue weighted by atomic mass is 28.3. The van der Waals surface area contributed by atoms with Crippen LogP contribution in [0.5, 0.6) is 0 Å². The molecule has 0 radical (unpaired) electrons. The van der Waals surface area contributed by atoms with Gasteiger partial charge < -0.3 is 4.90 Å². The van der Waals surface area contributed by atoms with Crippen molar-refractivity contribution < 1.29 is 4.79 Å². The second-order valence-electron chi connectivity index (χ2n) is 5.68. The van der Waals surface area contributed by atoms with Gasteiger partial charge in [-0.3, -0.25) is 4.79 Å². The maximum absolute atomic E-state index is 11.3. The van der Waals surface area contributed by atoms with Crippen LogP contribution in [0.2, 0.25) is 19.6 Å². The average molecular weight is 257 g/mol. The first-order valence-corrected chi connectivity index (χ1v) is 9.74. The van der Waals surface area contributed by atoms with E-state index in [-0.39, 0.29) is 6.04 Å². The molecule has 1 amide bonds. The van der Waals surface area contributed by atoms with E-state index in [4.69, 9.17) is 0 Å². The van der Waals surface area contributed by atoms with Gasteiger partial charge in [0.15, 0.2) is 0 Å². The molecule has 0 N–H and O–H groups in total. The van der Waals surface area contributed by atoms with Crippen LogP contribution in [0.1, 0.15) is 5.56 Å². The predicted molar refractivity (Wildman–Crippen MR) is 80.3 cm³/mol. The molecule has 0 saturated heterocycles. The summed E-state index contributed by atoms with van der Waals surface area (Å²) in [7, 11) is -1.34. The van der Waals surface area contributed by atoms with Crippen molar-refractivity contribution in [1.82, 2.24) is 0 Å². The molecule has 0 aromatic heterocycles.